The quantitative estimate of drug-likeness (QED) is 0.561. The second-order valence-corrected chi connectivity index (χ2v) is 6.94. The first-order chi connectivity index (χ1) is 11.8. The molecule has 6 heteroatoms. The highest BCUT2D eigenvalue weighted by Gasteiger charge is 2.16. The molecule has 130 valence electrons. The van der Waals surface area contributed by atoms with E-state index in [0.717, 1.165) is 48.3 Å². The lowest BCUT2D eigenvalue weighted by Crippen LogP contribution is -2.23. The van der Waals surface area contributed by atoms with Gasteiger partial charge in [0.05, 0.1) is 6.61 Å². The maximum Gasteiger partial charge on any atom is 0.191 e. The normalized spacial score (nSPS) is 18.0. The Morgan fingerprint density at radius 1 is 1.29 bits per heavy atom. The Bertz CT molecular complexity index is 653. The number of ether oxygens (including phenoxy) is 2. The predicted molar refractivity (Wildman–Crippen MR) is 96.1 cm³/mol. The molecule has 1 fully saturated rings. The zero-order valence-corrected chi connectivity index (χ0v) is 15.2. The lowest BCUT2D eigenvalue weighted by atomic mass is 10.1. The molecule has 5 nitrogen and oxygen atoms in total. The Balaban J connectivity index is 1.59. The standard InChI is InChI=1S/C18H25N3O2S/c1-3-21-17(15-9-5-4-8-14(15)2)19-20-18(21)24-13-12-23-16-10-6-7-11-22-16/h4-5,8-9,16H,3,6-7,10-13H2,1-2H3/t16-/m1/s1. The molecule has 1 saturated heterocycles. The number of thioether (sulfide) groups is 1. The first-order valence-corrected chi connectivity index (χ1v) is 9.63. The molecule has 0 radical (unpaired) electrons. The van der Waals surface area contributed by atoms with Crippen LogP contribution in [-0.2, 0) is 16.0 Å². The van der Waals surface area contributed by atoms with Crippen molar-refractivity contribution in [1.82, 2.24) is 14.8 Å². The van der Waals surface area contributed by atoms with Crippen LogP contribution in [-0.4, -0.2) is 40.0 Å². The van der Waals surface area contributed by atoms with Gasteiger partial charge in [-0.05, 0) is 38.7 Å². The summed E-state index contributed by atoms with van der Waals surface area (Å²) in [5.41, 5.74) is 2.36. The number of aryl methyl sites for hydroxylation is 1. The number of hydrogen-bond acceptors (Lipinski definition) is 5. The van der Waals surface area contributed by atoms with Crippen LogP contribution in [0.25, 0.3) is 11.4 Å². The molecule has 1 atom stereocenters. The molecule has 3 rings (SSSR count). The van der Waals surface area contributed by atoms with Gasteiger partial charge in [-0.1, -0.05) is 36.0 Å². The van der Waals surface area contributed by atoms with Crippen LogP contribution in [0.4, 0.5) is 0 Å². The summed E-state index contributed by atoms with van der Waals surface area (Å²) in [6, 6.07) is 8.30. The molecule has 1 aliphatic rings. The first kappa shape index (κ1) is 17.5. The van der Waals surface area contributed by atoms with Crippen LogP contribution < -0.4 is 0 Å². The Morgan fingerprint density at radius 2 is 2.17 bits per heavy atom. The smallest absolute Gasteiger partial charge is 0.191 e. The zero-order valence-electron chi connectivity index (χ0n) is 14.4. The van der Waals surface area contributed by atoms with E-state index in [0.29, 0.717) is 6.61 Å². The molecule has 0 saturated carbocycles. The zero-order chi connectivity index (χ0) is 16.8. The molecule has 2 heterocycles. The average molecular weight is 347 g/mol. The summed E-state index contributed by atoms with van der Waals surface area (Å²) in [6.45, 7) is 6.58. The van der Waals surface area contributed by atoms with E-state index in [4.69, 9.17) is 9.47 Å². The molecular weight excluding hydrogens is 322 g/mol. The second kappa shape index (κ2) is 8.65. The SMILES string of the molecule is CCn1c(SCCO[C@@H]2CCCCO2)nnc1-c1ccccc1C. The Kier molecular flexibility index (Phi) is 6.29. The van der Waals surface area contributed by atoms with E-state index >= 15 is 0 Å². The van der Waals surface area contributed by atoms with Crippen LogP contribution in [0.2, 0.25) is 0 Å². The fourth-order valence-electron chi connectivity index (χ4n) is 2.86. The fraction of sp³-hybridized carbons (Fsp3) is 0.556. The highest BCUT2D eigenvalue weighted by Crippen LogP contribution is 2.26. The van der Waals surface area contributed by atoms with Gasteiger partial charge in [0.15, 0.2) is 17.3 Å². The third-order valence-corrected chi connectivity index (χ3v) is 5.11. The molecule has 0 spiro atoms. The third-order valence-electron chi connectivity index (χ3n) is 4.18. The van der Waals surface area contributed by atoms with Crippen LogP contribution in [0.5, 0.6) is 0 Å². The number of hydrogen-bond donors (Lipinski definition) is 0. The van der Waals surface area contributed by atoms with E-state index in [-0.39, 0.29) is 6.29 Å². The Morgan fingerprint density at radius 3 is 2.92 bits per heavy atom. The van der Waals surface area contributed by atoms with Crippen molar-refractivity contribution < 1.29 is 9.47 Å². The fourth-order valence-corrected chi connectivity index (χ4v) is 3.69. The summed E-state index contributed by atoms with van der Waals surface area (Å²) in [5.74, 6) is 1.79. The van der Waals surface area contributed by atoms with E-state index in [1.54, 1.807) is 11.8 Å². The van der Waals surface area contributed by atoms with Gasteiger partial charge in [0.1, 0.15) is 0 Å². The maximum absolute atomic E-state index is 5.79. The summed E-state index contributed by atoms with van der Waals surface area (Å²) < 4.78 is 13.5. The van der Waals surface area contributed by atoms with Gasteiger partial charge in [-0.15, -0.1) is 10.2 Å². The van der Waals surface area contributed by atoms with Crippen LogP contribution in [0.15, 0.2) is 29.4 Å². The van der Waals surface area contributed by atoms with Gasteiger partial charge in [-0.25, -0.2) is 0 Å². The van der Waals surface area contributed by atoms with Gasteiger partial charge in [-0.2, -0.15) is 0 Å². The second-order valence-electron chi connectivity index (χ2n) is 5.88. The minimum absolute atomic E-state index is 0.0223. The van der Waals surface area contributed by atoms with Crippen molar-refractivity contribution >= 4 is 11.8 Å². The third kappa shape index (κ3) is 4.18. The van der Waals surface area contributed by atoms with Crippen molar-refractivity contribution in [2.75, 3.05) is 19.0 Å². The highest BCUT2D eigenvalue weighted by atomic mass is 32.2. The summed E-state index contributed by atoms with van der Waals surface area (Å²) in [4.78, 5) is 0. The minimum Gasteiger partial charge on any atom is -0.353 e. The largest absolute Gasteiger partial charge is 0.353 e. The predicted octanol–water partition coefficient (Wildman–Crippen LogP) is 3.91. The maximum atomic E-state index is 5.79. The van der Waals surface area contributed by atoms with Crippen LogP contribution in [0.1, 0.15) is 31.7 Å². The summed E-state index contributed by atoms with van der Waals surface area (Å²) >= 11 is 1.69. The van der Waals surface area contributed by atoms with Crippen molar-refractivity contribution in [3.05, 3.63) is 29.8 Å². The molecule has 0 aliphatic carbocycles. The van der Waals surface area contributed by atoms with Crippen molar-refractivity contribution in [2.45, 2.75) is 51.1 Å². The number of aromatic nitrogens is 3. The molecule has 0 N–H and O–H groups in total. The molecule has 24 heavy (non-hydrogen) atoms. The van der Waals surface area contributed by atoms with Gasteiger partial charge in [-0.3, -0.25) is 0 Å². The first-order valence-electron chi connectivity index (χ1n) is 8.64. The van der Waals surface area contributed by atoms with Gasteiger partial charge in [0, 0.05) is 24.5 Å². The van der Waals surface area contributed by atoms with E-state index in [9.17, 15) is 0 Å². The van der Waals surface area contributed by atoms with Gasteiger partial charge in [0.2, 0.25) is 0 Å². The molecule has 0 bridgehead atoms. The topological polar surface area (TPSA) is 49.2 Å². The highest BCUT2D eigenvalue weighted by molar-refractivity contribution is 7.99. The van der Waals surface area contributed by atoms with Crippen molar-refractivity contribution in [3.63, 3.8) is 0 Å². The number of nitrogens with zero attached hydrogens (tertiary/aromatic N) is 3. The van der Waals surface area contributed by atoms with Crippen molar-refractivity contribution in [1.29, 1.82) is 0 Å². The number of rotatable bonds is 7. The monoisotopic (exact) mass is 347 g/mol. The lowest BCUT2D eigenvalue weighted by molar-refractivity contribution is -0.158. The van der Waals surface area contributed by atoms with E-state index in [1.165, 1.54) is 12.0 Å². The van der Waals surface area contributed by atoms with Crippen LogP contribution in [0.3, 0.4) is 0 Å². The number of benzene rings is 1. The average Bonchev–Trinajstić information content (AvgIpc) is 3.02. The molecule has 0 amide bonds. The van der Waals surface area contributed by atoms with Crippen LogP contribution in [0, 0.1) is 6.92 Å². The molecule has 2 aromatic rings. The molecule has 1 aromatic carbocycles. The van der Waals surface area contributed by atoms with Gasteiger partial charge >= 0.3 is 0 Å². The van der Waals surface area contributed by atoms with E-state index < -0.39 is 0 Å². The van der Waals surface area contributed by atoms with E-state index in [1.807, 2.05) is 12.1 Å². The molecule has 0 unspecified atom stereocenters. The summed E-state index contributed by atoms with van der Waals surface area (Å²) in [7, 11) is 0. The van der Waals surface area contributed by atoms with Gasteiger partial charge < -0.3 is 14.0 Å². The minimum atomic E-state index is -0.0223. The van der Waals surface area contributed by atoms with Crippen molar-refractivity contribution in [3.8, 4) is 11.4 Å². The summed E-state index contributed by atoms with van der Waals surface area (Å²) in [5, 5.41) is 9.74. The lowest BCUT2D eigenvalue weighted by Gasteiger charge is -2.22. The van der Waals surface area contributed by atoms with Crippen molar-refractivity contribution in [2.24, 2.45) is 0 Å². The molecule has 1 aliphatic heterocycles. The van der Waals surface area contributed by atoms with E-state index in [2.05, 4.69) is 40.7 Å². The Hall–Kier alpha value is -1.37. The van der Waals surface area contributed by atoms with Gasteiger partial charge in [0.25, 0.3) is 0 Å². The molecular formula is C18H25N3O2S. The summed E-state index contributed by atoms with van der Waals surface area (Å²) in [6.07, 6.45) is 3.33. The molecule has 1 aromatic heterocycles. The Labute approximate surface area is 147 Å². The van der Waals surface area contributed by atoms with Crippen LogP contribution >= 0.6 is 11.8 Å².